The molecular weight excluding hydrogens is 450 g/mol. The SMILES string of the molecule is CCCCOC(=O)CC1C(=O)NCCN1CC(=O)Nc1ccccc1OCCOc1ccccc1. The smallest absolute Gasteiger partial charge is 0.307 e. The molecule has 1 fully saturated rings. The van der Waals surface area contributed by atoms with Gasteiger partial charge in [-0.1, -0.05) is 43.7 Å². The van der Waals surface area contributed by atoms with Gasteiger partial charge in [-0.2, -0.15) is 0 Å². The number of benzene rings is 2. The molecule has 1 atom stereocenters. The van der Waals surface area contributed by atoms with Gasteiger partial charge in [-0.05, 0) is 30.7 Å². The summed E-state index contributed by atoms with van der Waals surface area (Å²) in [6, 6.07) is 15.8. The van der Waals surface area contributed by atoms with Gasteiger partial charge in [0.2, 0.25) is 11.8 Å². The third kappa shape index (κ3) is 8.60. The number of anilines is 1. The van der Waals surface area contributed by atoms with E-state index >= 15 is 0 Å². The number of rotatable bonds is 13. The molecule has 9 nitrogen and oxygen atoms in total. The fraction of sp³-hybridized carbons (Fsp3) is 0.423. The van der Waals surface area contributed by atoms with E-state index in [1.165, 1.54) is 0 Å². The summed E-state index contributed by atoms with van der Waals surface area (Å²) in [7, 11) is 0. The van der Waals surface area contributed by atoms with Gasteiger partial charge in [0.1, 0.15) is 30.8 Å². The molecule has 9 heteroatoms. The van der Waals surface area contributed by atoms with Crippen molar-refractivity contribution in [2.45, 2.75) is 32.2 Å². The fourth-order valence-corrected chi connectivity index (χ4v) is 3.62. The summed E-state index contributed by atoms with van der Waals surface area (Å²) in [6.45, 7) is 3.82. The van der Waals surface area contributed by atoms with Crippen molar-refractivity contribution >= 4 is 23.5 Å². The molecule has 188 valence electrons. The van der Waals surface area contributed by atoms with Gasteiger partial charge >= 0.3 is 5.97 Å². The third-order valence-corrected chi connectivity index (χ3v) is 5.42. The molecule has 35 heavy (non-hydrogen) atoms. The molecule has 1 heterocycles. The molecule has 0 spiro atoms. The van der Waals surface area contributed by atoms with E-state index in [9.17, 15) is 14.4 Å². The number of piperazine rings is 1. The largest absolute Gasteiger partial charge is 0.490 e. The van der Waals surface area contributed by atoms with Crippen LogP contribution in [-0.4, -0.2) is 68.2 Å². The molecule has 1 aliphatic heterocycles. The minimum absolute atomic E-state index is 0.0359. The van der Waals surface area contributed by atoms with Gasteiger partial charge < -0.3 is 24.8 Å². The van der Waals surface area contributed by atoms with Crippen LogP contribution in [-0.2, 0) is 19.1 Å². The Kier molecular flexibility index (Phi) is 10.4. The van der Waals surface area contributed by atoms with E-state index in [2.05, 4.69) is 10.6 Å². The van der Waals surface area contributed by atoms with E-state index in [0.717, 1.165) is 18.6 Å². The highest BCUT2D eigenvalue weighted by atomic mass is 16.5. The lowest BCUT2D eigenvalue weighted by molar-refractivity contribution is -0.149. The minimum atomic E-state index is -0.745. The summed E-state index contributed by atoms with van der Waals surface area (Å²) in [5, 5.41) is 5.61. The van der Waals surface area contributed by atoms with Gasteiger partial charge in [-0.25, -0.2) is 0 Å². The van der Waals surface area contributed by atoms with Crippen LogP contribution < -0.4 is 20.1 Å². The number of unbranched alkanes of at least 4 members (excludes halogenated alkanes) is 1. The molecule has 2 N–H and O–H groups in total. The van der Waals surface area contributed by atoms with E-state index in [0.29, 0.717) is 44.3 Å². The summed E-state index contributed by atoms with van der Waals surface area (Å²) in [4.78, 5) is 39.1. The van der Waals surface area contributed by atoms with Crippen LogP contribution >= 0.6 is 0 Å². The highest BCUT2D eigenvalue weighted by Gasteiger charge is 2.33. The van der Waals surface area contributed by atoms with Crippen molar-refractivity contribution < 1.29 is 28.6 Å². The molecule has 1 unspecified atom stereocenters. The van der Waals surface area contributed by atoms with Crippen molar-refractivity contribution in [2.24, 2.45) is 0 Å². The molecular formula is C26H33N3O6. The van der Waals surface area contributed by atoms with Gasteiger partial charge in [0.05, 0.1) is 25.3 Å². The lowest BCUT2D eigenvalue weighted by atomic mass is 10.1. The fourth-order valence-electron chi connectivity index (χ4n) is 3.62. The Morgan fingerprint density at radius 2 is 1.77 bits per heavy atom. The molecule has 2 amide bonds. The first-order chi connectivity index (χ1) is 17.1. The van der Waals surface area contributed by atoms with E-state index in [1.54, 1.807) is 23.1 Å². The Bertz CT molecular complexity index is 969. The van der Waals surface area contributed by atoms with E-state index in [1.807, 2.05) is 43.3 Å². The number of hydrogen-bond donors (Lipinski definition) is 2. The number of esters is 1. The van der Waals surface area contributed by atoms with Crippen molar-refractivity contribution in [3.8, 4) is 11.5 Å². The molecule has 2 aromatic carbocycles. The first kappa shape index (κ1) is 26.0. The van der Waals surface area contributed by atoms with Crippen molar-refractivity contribution in [2.75, 3.05) is 44.8 Å². The van der Waals surface area contributed by atoms with Crippen molar-refractivity contribution in [3.05, 3.63) is 54.6 Å². The number of carbonyl (C=O) groups excluding carboxylic acids is 3. The van der Waals surface area contributed by atoms with Crippen molar-refractivity contribution in [1.82, 2.24) is 10.2 Å². The second-order valence-corrected chi connectivity index (χ2v) is 8.11. The van der Waals surface area contributed by atoms with Crippen LogP contribution in [0.1, 0.15) is 26.2 Å². The molecule has 0 aliphatic carbocycles. The standard InChI is InChI=1S/C26H33N3O6/c1-2-3-15-35-25(31)18-22-26(32)27-13-14-29(22)19-24(30)28-21-11-7-8-12-23(21)34-17-16-33-20-9-5-4-6-10-20/h4-12,22H,2-3,13-19H2,1H3,(H,27,32)(H,28,30). The molecule has 1 saturated heterocycles. The summed E-state index contributed by atoms with van der Waals surface area (Å²) < 4.78 is 16.6. The van der Waals surface area contributed by atoms with Gasteiger partial charge in [0.15, 0.2) is 0 Å². The molecule has 0 radical (unpaired) electrons. The zero-order chi connectivity index (χ0) is 24.9. The first-order valence-electron chi connectivity index (χ1n) is 11.9. The molecule has 3 rings (SSSR count). The number of carbonyl (C=O) groups is 3. The predicted molar refractivity (Wildman–Crippen MR) is 131 cm³/mol. The summed E-state index contributed by atoms with van der Waals surface area (Å²) in [5.41, 5.74) is 0.522. The van der Waals surface area contributed by atoms with Crippen LogP contribution in [0.5, 0.6) is 11.5 Å². The molecule has 2 aromatic rings. The first-order valence-corrected chi connectivity index (χ1v) is 11.9. The summed E-state index contributed by atoms with van der Waals surface area (Å²) in [5.74, 6) is 0.249. The van der Waals surface area contributed by atoms with Gasteiger partial charge in [-0.3, -0.25) is 19.3 Å². The van der Waals surface area contributed by atoms with Crippen LogP contribution in [0.2, 0.25) is 0 Å². The van der Waals surface area contributed by atoms with Crippen LogP contribution in [0, 0.1) is 0 Å². The van der Waals surface area contributed by atoms with Gasteiger partial charge in [0, 0.05) is 13.1 Å². The Balaban J connectivity index is 1.51. The molecule has 0 aromatic heterocycles. The average Bonchev–Trinajstić information content (AvgIpc) is 2.86. The highest BCUT2D eigenvalue weighted by molar-refractivity contribution is 5.94. The zero-order valence-corrected chi connectivity index (χ0v) is 20.0. The van der Waals surface area contributed by atoms with Crippen LogP contribution in [0.15, 0.2) is 54.6 Å². The molecule has 0 saturated carbocycles. The number of ether oxygens (including phenoxy) is 3. The number of hydrogen-bond acceptors (Lipinski definition) is 7. The van der Waals surface area contributed by atoms with Gasteiger partial charge in [0.25, 0.3) is 0 Å². The summed E-state index contributed by atoms with van der Waals surface area (Å²) >= 11 is 0. The van der Waals surface area contributed by atoms with E-state index < -0.39 is 12.0 Å². The maximum Gasteiger partial charge on any atom is 0.307 e. The van der Waals surface area contributed by atoms with Gasteiger partial charge in [-0.15, -0.1) is 0 Å². The number of nitrogens with zero attached hydrogens (tertiary/aromatic N) is 1. The highest BCUT2D eigenvalue weighted by Crippen LogP contribution is 2.24. The Morgan fingerprint density at radius 1 is 1.03 bits per heavy atom. The maximum atomic E-state index is 12.8. The second kappa shape index (κ2) is 14.0. The number of amides is 2. The van der Waals surface area contributed by atoms with Crippen molar-refractivity contribution in [1.29, 1.82) is 0 Å². The van der Waals surface area contributed by atoms with E-state index in [-0.39, 0.29) is 24.8 Å². The number of para-hydroxylation sites is 3. The predicted octanol–water partition coefficient (Wildman–Crippen LogP) is 2.62. The average molecular weight is 484 g/mol. The number of nitrogens with one attached hydrogen (secondary N) is 2. The lowest BCUT2D eigenvalue weighted by Crippen LogP contribution is -2.57. The molecule has 0 bridgehead atoms. The topological polar surface area (TPSA) is 106 Å². The third-order valence-electron chi connectivity index (χ3n) is 5.42. The van der Waals surface area contributed by atoms with E-state index in [4.69, 9.17) is 14.2 Å². The zero-order valence-electron chi connectivity index (χ0n) is 20.0. The Labute approximate surface area is 205 Å². The Hall–Kier alpha value is -3.59. The van der Waals surface area contributed by atoms with Crippen LogP contribution in [0.25, 0.3) is 0 Å². The minimum Gasteiger partial charge on any atom is -0.490 e. The second-order valence-electron chi connectivity index (χ2n) is 8.11. The lowest BCUT2D eigenvalue weighted by Gasteiger charge is -2.33. The Morgan fingerprint density at radius 3 is 2.57 bits per heavy atom. The monoisotopic (exact) mass is 483 g/mol. The maximum absolute atomic E-state index is 12.8. The molecule has 1 aliphatic rings. The summed E-state index contributed by atoms with van der Waals surface area (Å²) in [6.07, 6.45) is 1.59. The van der Waals surface area contributed by atoms with Crippen LogP contribution in [0.3, 0.4) is 0 Å². The van der Waals surface area contributed by atoms with Crippen molar-refractivity contribution in [3.63, 3.8) is 0 Å². The normalized spacial score (nSPS) is 15.7. The quantitative estimate of drug-likeness (QED) is 0.333. The van der Waals surface area contributed by atoms with Crippen LogP contribution in [0.4, 0.5) is 5.69 Å².